The number of ether oxygens (including phenoxy) is 1. The number of hydrogen-bond donors (Lipinski definition) is 0. The Bertz CT molecular complexity index is 1010. The molecule has 1 saturated heterocycles. The van der Waals surface area contributed by atoms with Crippen molar-refractivity contribution in [2.24, 2.45) is 0 Å². The van der Waals surface area contributed by atoms with Crippen molar-refractivity contribution in [3.63, 3.8) is 0 Å². The lowest BCUT2D eigenvalue weighted by Crippen LogP contribution is -2.46. The molecule has 3 aromatic rings. The summed E-state index contributed by atoms with van der Waals surface area (Å²) < 4.78 is 5.06. The van der Waals surface area contributed by atoms with Crippen molar-refractivity contribution in [3.05, 3.63) is 83.1 Å². The Labute approximate surface area is 188 Å². The number of aromatic nitrogens is 1. The second-order valence-corrected chi connectivity index (χ2v) is 8.01. The highest BCUT2D eigenvalue weighted by Gasteiger charge is 2.19. The fourth-order valence-electron chi connectivity index (χ4n) is 3.88. The maximum Gasteiger partial charge on any atom is 0.338 e. The summed E-state index contributed by atoms with van der Waals surface area (Å²) in [6.45, 7) is 6.93. The van der Waals surface area contributed by atoms with Gasteiger partial charge in [-0.15, -0.1) is 0 Å². The molecule has 5 nitrogen and oxygen atoms in total. The number of benzene rings is 2. The second kappa shape index (κ2) is 9.94. The van der Waals surface area contributed by atoms with Crippen molar-refractivity contribution in [1.29, 1.82) is 0 Å². The molecule has 0 saturated carbocycles. The minimum atomic E-state index is -0.271. The molecule has 1 aliphatic heterocycles. The lowest BCUT2D eigenvalue weighted by atomic mass is 10.0. The SMILES string of the molecule is CCOC(=O)c1ccc(N2CCN(Cc3ccncc3-c3ccc(Cl)cc3)CC2)cc1. The van der Waals surface area contributed by atoms with Crippen LogP contribution in [0.5, 0.6) is 0 Å². The van der Waals surface area contributed by atoms with Crippen LogP contribution in [0.1, 0.15) is 22.8 Å². The van der Waals surface area contributed by atoms with Crippen molar-refractivity contribution in [3.8, 4) is 11.1 Å². The van der Waals surface area contributed by atoms with Gasteiger partial charge in [0.1, 0.15) is 0 Å². The fraction of sp³-hybridized carbons (Fsp3) is 0.280. The van der Waals surface area contributed by atoms with Crippen LogP contribution in [0.25, 0.3) is 11.1 Å². The molecule has 0 unspecified atom stereocenters. The summed E-state index contributed by atoms with van der Waals surface area (Å²) in [6.07, 6.45) is 3.79. The minimum absolute atomic E-state index is 0.271. The normalized spacial score (nSPS) is 14.5. The van der Waals surface area contributed by atoms with E-state index in [1.807, 2.05) is 67.8 Å². The Morgan fingerprint density at radius 1 is 1.00 bits per heavy atom. The van der Waals surface area contributed by atoms with Crippen LogP contribution < -0.4 is 4.90 Å². The molecule has 0 radical (unpaired) electrons. The van der Waals surface area contributed by atoms with E-state index in [4.69, 9.17) is 16.3 Å². The average molecular weight is 436 g/mol. The number of nitrogens with zero attached hydrogens (tertiary/aromatic N) is 3. The van der Waals surface area contributed by atoms with Crippen LogP contribution in [-0.2, 0) is 11.3 Å². The molecule has 4 rings (SSSR count). The van der Waals surface area contributed by atoms with E-state index in [2.05, 4.69) is 20.9 Å². The first-order chi connectivity index (χ1) is 15.1. The van der Waals surface area contributed by atoms with Crippen molar-refractivity contribution in [2.45, 2.75) is 13.5 Å². The predicted octanol–water partition coefficient (Wildman–Crippen LogP) is 4.90. The second-order valence-electron chi connectivity index (χ2n) is 7.57. The molecule has 2 aromatic carbocycles. The monoisotopic (exact) mass is 435 g/mol. The van der Waals surface area contributed by atoms with Gasteiger partial charge in [0.25, 0.3) is 0 Å². The molecule has 0 bridgehead atoms. The third kappa shape index (κ3) is 5.24. The van der Waals surface area contributed by atoms with Crippen molar-refractivity contribution < 1.29 is 9.53 Å². The number of halogens is 1. The van der Waals surface area contributed by atoms with E-state index in [1.165, 1.54) is 5.56 Å². The van der Waals surface area contributed by atoms with E-state index < -0.39 is 0 Å². The summed E-state index contributed by atoms with van der Waals surface area (Å²) in [5, 5.41) is 0.737. The van der Waals surface area contributed by atoms with Gasteiger partial charge in [-0.2, -0.15) is 0 Å². The Kier molecular flexibility index (Phi) is 6.85. The fourth-order valence-corrected chi connectivity index (χ4v) is 4.00. The number of hydrogen-bond acceptors (Lipinski definition) is 5. The maximum absolute atomic E-state index is 11.8. The molecule has 0 aliphatic carbocycles. The smallest absolute Gasteiger partial charge is 0.338 e. The van der Waals surface area contributed by atoms with Crippen LogP contribution in [0.2, 0.25) is 5.02 Å². The quantitative estimate of drug-likeness (QED) is 0.515. The van der Waals surface area contributed by atoms with Gasteiger partial charge >= 0.3 is 5.97 Å². The molecule has 0 atom stereocenters. The van der Waals surface area contributed by atoms with Crippen LogP contribution in [0.3, 0.4) is 0 Å². The number of rotatable bonds is 6. The zero-order chi connectivity index (χ0) is 21.6. The Hall–Kier alpha value is -2.89. The summed E-state index contributed by atoms with van der Waals surface area (Å²) >= 11 is 6.05. The minimum Gasteiger partial charge on any atom is -0.462 e. The summed E-state index contributed by atoms with van der Waals surface area (Å²) in [4.78, 5) is 21.0. The molecule has 160 valence electrons. The van der Waals surface area contributed by atoms with Gasteiger partial charge in [-0.05, 0) is 60.5 Å². The number of anilines is 1. The van der Waals surface area contributed by atoms with Gasteiger partial charge in [0, 0.05) is 61.4 Å². The lowest BCUT2D eigenvalue weighted by Gasteiger charge is -2.36. The van der Waals surface area contributed by atoms with E-state index in [-0.39, 0.29) is 5.97 Å². The first kappa shape index (κ1) is 21.3. The third-order valence-corrected chi connectivity index (χ3v) is 5.83. The van der Waals surface area contributed by atoms with Crippen LogP contribution in [0, 0.1) is 0 Å². The Balaban J connectivity index is 1.38. The molecule has 0 amide bonds. The van der Waals surface area contributed by atoms with Gasteiger partial charge < -0.3 is 9.64 Å². The van der Waals surface area contributed by atoms with Gasteiger partial charge in [-0.1, -0.05) is 23.7 Å². The van der Waals surface area contributed by atoms with Crippen LogP contribution in [-0.4, -0.2) is 48.6 Å². The van der Waals surface area contributed by atoms with E-state index in [1.54, 1.807) is 0 Å². The Morgan fingerprint density at radius 3 is 2.39 bits per heavy atom. The van der Waals surface area contributed by atoms with Gasteiger partial charge in [0.2, 0.25) is 0 Å². The molecular weight excluding hydrogens is 410 g/mol. The van der Waals surface area contributed by atoms with Crippen LogP contribution in [0.4, 0.5) is 5.69 Å². The largest absolute Gasteiger partial charge is 0.462 e. The number of piperazine rings is 1. The summed E-state index contributed by atoms with van der Waals surface area (Å²) in [5.74, 6) is -0.271. The Morgan fingerprint density at radius 2 is 1.71 bits per heavy atom. The molecule has 2 heterocycles. The van der Waals surface area contributed by atoms with Crippen molar-refractivity contribution >= 4 is 23.3 Å². The number of carbonyl (C=O) groups is 1. The average Bonchev–Trinajstić information content (AvgIpc) is 2.81. The molecule has 31 heavy (non-hydrogen) atoms. The van der Waals surface area contributed by atoms with Crippen molar-refractivity contribution in [2.75, 3.05) is 37.7 Å². The zero-order valence-electron chi connectivity index (χ0n) is 17.6. The number of pyridine rings is 1. The van der Waals surface area contributed by atoms with Gasteiger partial charge in [-0.25, -0.2) is 4.79 Å². The topological polar surface area (TPSA) is 45.7 Å². The molecule has 0 spiro atoms. The molecular formula is C25H26ClN3O2. The third-order valence-electron chi connectivity index (χ3n) is 5.58. The standard InChI is InChI=1S/C25H26ClN3O2/c1-2-31-25(30)20-5-9-23(10-6-20)29-15-13-28(14-16-29)18-21-11-12-27-17-24(21)19-3-7-22(26)8-4-19/h3-12,17H,2,13-16,18H2,1H3. The van der Waals surface area contributed by atoms with Gasteiger partial charge in [-0.3, -0.25) is 9.88 Å². The summed E-state index contributed by atoms with van der Waals surface area (Å²) in [5.41, 5.74) is 5.28. The molecule has 1 fully saturated rings. The van der Waals surface area contributed by atoms with Crippen LogP contribution in [0.15, 0.2) is 67.0 Å². The highest BCUT2D eigenvalue weighted by Crippen LogP contribution is 2.26. The van der Waals surface area contributed by atoms with Gasteiger partial charge in [0.05, 0.1) is 12.2 Å². The summed E-state index contributed by atoms with van der Waals surface area (Å²) in [7, 11) is 0. The molecule has 1 aromatic heterocycles. The van der Waals surface area contributed by atoms with E-state index in [9.17, 15) is 4.79 Å². The summed E-state index contributed by atoms with van der Waals surface area (Å²) in [6, 6.07) is 17.7. The van der Waals surface area contributed by atoms with E-state index >= 15 is 0 Å². The number of carbonyl (C=O) groups excluding carboxylic acids is 1. The van der Waals surface area contributed by atoms with Crippen LogP contribution >= 0.6 is 11.6 Å². The zero-order valence-corrected chi connectivity index (χ0v) is 18.4. The predicted molar refractivity (Wildman–Crippen MR) is 125 cm³/mol. The first-order valence-corrected chi connectivity index (χ1v) is 10.9. The van der Waals surface area contributed by atoms with Gasteiger partial charge in [0.15, 0.2) is 0 Å². The van der Waals surface area contributed by atoms with E-state index in [0.717, 1.165) is 54.6 Å². The first-order valence-electron chi connectivity index (χ1n) is 10.6. The highest BCUT2D eigenvalue weighted by molar-refractivity contribution is 6.30. The van der Waals surface area contributed by atoms with Crippen molar-refractivity contribution in [1.82, 2.24) is 9.88 Å². The highest BCUT2D eigenvalue weighted by atomic mass is 35.5. The maximum atomic E-state index is 11.8. The molecule has 0 N–H and O–H groups in total. The molecule has 6 heteroatoms. The van der Waals surface area contributed by atoms with E-state index in [0.29, 0.717) is 12.2 Å². The molecule has 1 aliphatic rings. The number of esters is 1. The lowest BCUT2D eigenvalue weighted by molar-refractivity contribution is 0.0526.